The summed E-state index contributed by atoms with van der Waals surface area (Å²) in [6.07, 6.45) is 1.46. The number of rotatable bonds is 7. The van der Waals surface area contributed by atoms with Gasteiger partial charge in [-0.2, -0.15) is 0 Å². The van der Waals surface area contributed by atoms with E-state index < -0.39 is 6.04 Å². The lowest BCUT2D eigenvalue weighted by Crippen LogP contribution is -2.45. The Morgan fingerprint density at radius 3 is 2.67 bits per heavy atom. The SMILES string of the molecule is COCC(C)NC(=O)C(N)CCc1ccccc1. The Bertz CT molecular complexity index is 354. The summed E-state index contributed by atoms with van der Waals surface area (Å²) in [5.41, 5.74) is 7.06. The van der Waals surface area contributed by atoms with E-state index in [0.717, 1.165) is 6.42 Å². The van der Waals surface area contributed by atoms with Crippen LogP contribution in [0.3, 0.4) is 0 Å². The van der Waals surface area contributed by atoms with Crippen molar-refractivity contribution in [2.75, 3.05) is 13.7 Å². The van der Waals surface area contributed by atoms with Crippen molar-refractivity contribution < 1.29 is 9.53 Å². The van der Waals surface area contributed by atoms with Gasteiger partial charge in [0.05, 0.1) is 12.6 Å². The van der Waals surface area contributed by atoms with Crippen LogP contribution in [0.5, 0.6) is 0 Å². The Morgan fingerprint density at radius 2 is 2.06 bits per heavy atom. The number of hydrogen-bond donors (Lipinski definition) is 2. The van der Waals surface area contributed by atoms with E-state index >= 15 is 0 Å². The first-order valence-corrected chi connectivity index (χ1v) is 6.22. The van der Waals surface area contributed by atoms with Gasteiger partial charge in [-0.25, -0.2) is 0 Å². The van der Waals surface area contributed by atoms with Crippen LogP contribution < -0.4 is 11.1 Å². The van der Waals surface area contributed by atoms with Crippen molar-refractivity contribution in [2.45, 2.75) is 31.8 Å². The second-order valence-corrected chi connectivity index (χ2v) is 4.50. The van der Waals surface area contributed by atoms with Gasteiger partial charge < -0.3 is 15.8 Å². The molecule has 0 aromatic heterocycles. The van der Waals surface area contributed by atoms with Crippen LogP contribution in [0.2, 0.25) is 0 Å². The maximum absolute atomic E-state index is 11.8. The molecule has 1 aromatic carbocycles. The second-order valence-electron chi connectivity index (χ2n) is 4.50. The molecular formula is C14H22N2O2. The number of benzene rings is 1. The van der Waals surface area contributed by atoms with Crippen molar-refractivity contribution in [2.24, 2.45) is 5.73 Å². The summed E-state index contributed by atoms with van der Waals surface area (Å²) in [5, 5.41) is 2.83. The Morgan fingerprint density at radius 1 is 1.39 bits per heavy atom. The Labute approximate surface area is 109 Å². The highest BCUT2D eigenvalue weighted by atomic mass is 16.5. The molecule has 0 fully saturated rings. The number of methoxy groups -OCH3 is 1. The van der Waals surface area contributed by atoms with Crippen LogP contribution >= 0.6 is 0 Å². The summed E-state index contributed by atoms with van der Waals surface area (Å²) in [6, 6.07) is 9.55. The highest BCUT2D eigenvalue weighted by Crippen LogP contribution is 2.04. The van der Waals surface area contributed by atoms with Crippen LogP contribution in [-0.4, -0.2) is 31.7 Å². The monoisotopic (exact) mass is 250 g/mol. The Hall–Kier alpha value is -1.39. The molecule has 1 rings (SSSR count). The number of nitrogens with one attached hydrogen (secondary N) is 1. The highest BCUT2D eigenvalue weighted by Gasteiger charge is 2.15. The molecule has 4 heteroatoms. The van der Waals surface area contributed by atoms with Gasteiger partial charge in [-0.1, -0.05) is 30.3 Å². The Kier molecular flexibility index (Phi) is 6.39. The van der Waals surface area contributed by atoms with E-state index in [4.69, 9.17) is 10.5 Å². The standard InChI is InChI=1S/C14H22N2O2/c1-11(10-18-2)16-14(17)13(15)9-8-12-6-4-3-5-7-12/h3-7,11,13H,8-10,15H2,1-2H3,(H,16,17). The van der Waals surface area contributed by atoms with Gasteiger partial charge in [-0.05, 0) is 25.3 Å². The van der Waals surface area contributed by atoms with Crippen LogP contribution in [0.4, 0.5) is 0 Å². The Balaban J connectivity index is 2.32. The molecule has 0 heterocycles. The highest BCUT2D eigenvalue weighted by molar-refractivity contribution is 5.81. The molecule has 4 nitrogen and oxygen atoms in total. The molecule has 1 amide bonds. The molecule has 0 spiro atoms. The number of nitrogens with two attached hydrogens (primary N) is 1. The molecule has 100 valence electrons. The fraction of sp³-hybridized carbons (Fsp3) is 0.500. The molecule has 0 bridgehead atoms. The van der Waals surface area contributed by atoms with Gasteiger partial charge >= 0.3 is 0 Å². The third kappa shape index (κ3) is 5.29. The van der Waals surface area contributed by atoms with Crippen molar-refractivity contribution in [3.05, 3.63) is 35.9 Å². The van der Waals surface area contributed by atoms with E-state index in [1.165, 1.54) is 5.56 Å². The van der Waals surface area contributed by atoms with Crippen LogP contribution in [0, 0.1) is 0 Å². The number of amides is 1. The summed E-state index contributed by atoms with van der Waals surface area (Å²) in [4.78, 5) is 11.8. The fourth-order valence-electron chi connectivity index (χ4n) is 1.74. The van der Waals surface area contributed by atoms with Crippen LogP contribution in [-0.2, 0) is 16.0 Å². The zero-order chi connectivity index (χ0) is 13.4. The summed E-state index contributed by atoms with van der Waals surface area (Å²) in [7, 11) is 1.61. The predicted molar refractivity (Wildman–Crippen MR) is 72.2 cm³/mol. The minimum atomic E-state index is -0.468. The van der Waals surface area contributed by atoms with E-state index in [1.807, 2.05) is 37.3 Å². The normalized spacial score (nSPS) is 13.9. The van der Waals surface area contributed by atoms with Gasteiger partial charge in [0.25, 0.3) is 0 Å². The average molecular weight is 250 g/mol. The minimum Gasteiger partial charge on any atom is -0.383 e. The first-order chi connectivity index (χ1) is 8.63. The summed E-state index contributed by atoms with van der Waals surface area (Å²) < 4.78 is 4.96. The summed E-state index contributed by atoms with van der Waals surface area (Å²) in [5.74, 6) is -0.115. The maximum Gasteiger partial charge on any atom is 0.237 e. The molecule has 2 unspecified atom stereocenters. The topological polar surface area (TPSA) is 64.3 Å². The van der Waals surface area contributed by atoms with Crippen molar-refractivity contribution >= 4 is 5.91 Å². The average Bonchev–Trinajstić information content (AvgIpc) is 2.37. The van der Waals surface area contributed by atoms with Gasteiger partial charge in [0.1, 0.15) is 0 Å². The van der Waals surface area contributed by atoms with E-state index in [0.29, 0.717) is 13.0 Å². The summed E-state index contributed by atoms with van der Waals surface area (Å²) in [6.45, 7) is 2.39. The number of hydrogen-bond acceptors (Lipinski definition) is 3. The zero-order valence-corrected chi connectivity index (χ0v) is 11.1. The van der Waals surface area contributed by atoms with Crippen molar-refractivity contribution in [3.63, 3.8) is 0 Å². The maximum atomic E-state index is 11.8. The molecule has 2 atom stereocenters. The molecule has 0 saturated carbocycles. The van der Waals surface area contributed by atoms with Crippen LogP contribution in [0.15, 0.2) is 30.3 Å². The molecular weight excluding hydrogens is 228 g/mol. The third-order valence-electron chi connectivity index (χ3n) is 2.73. The van der Waals surface area contributed by atoms with Gasteiger partial charge in [0, 0.05) is 13.2 Å². The first kappa shape index (κ1) is 14.7. The number of carbonyl (C=O) groups excluding carboxylic acids is 1. The number of aryl methyl sites for hydroxylation is 1. The lowest BCUT2D eigenvalue weighted by atomic mass is 10.1. The molecule has 0 aliphatic carbocycles. The van der Waals surface area contributed by atoms with Crippen molar-refractivity contribution in [1.29, 1.82) is 0 Å². The van der Waals surface area contributed by atoms with Gasteiger partial charge in [0.2, 0.25) is 5.91 Å². The predicted octanol–water partition coefficient (Wildman–Crippen LogP) is 1.10. The fourth-order valence-corrected chi connectivity index (χ4v) is 1.74. The molecule has 0 aliphatic heterocycles. The molecule has 0 aliphatic rings. The first-order valence-electron chi connectivity index (χ1n) is 6.22. The molecule has 1 aromatic rings. The number of ether oxygens (including phenoxy) is 1. The molecule has 0 saturated heterocycles. The molecule has 18 heavy (non-hydrogen) atoms. The third-order valence-corrected chi connectivity index (χ3v) is 2.73. The number of carbonyl (C=O) groups is 1. The van der Waals surface area contributed by atoms with E-state index in [2.05, 4.69) is 5.32 Å². The lowest BCUT2D eigenvalue weighted by Gasteiger charge is -2.16. The zero-order valence-electron chi connectivity index (χ0n) is 11.1. The van der Waals surface area contributed by atoms with E-state index in [-0.39, 0.29) is 11.9 Å². The smallest absolute Gasteiger partial charge is 0.237 e. The van der Waals surface area contributed by atoms with E-state index in [9.17, 15) is 4.79 Å². The van der Waals surface area contributed by atoms with Gasteiger partial charge in [0.15, 0.2) is 0 Å². The summed E-state index contributed by atoms with van der Waals surface area (Å²) >= 11 is 0. The largest absolute Gasteiger partial charge is 0.383 e. The van der Waals surface area contributed by atoms with E-state index in [1.54, 1.807) is 7.11 Å². The van der Waals surface area contributed by atoms with Crippen molar-refractivity contribution in [3.8, 4) is 0 Å². The lowest BCUT2D eigenvalue weighted by molar-refractivity contribution is -0.123. The molecule has 3 N–H and O–H groups in total. The van der Waals surface area contributed by atoms with Crippen LogP contribution in [0.25, 0.3) is 0 Å². The second kappa shape index (κ2) is 7.84. The minimum absolute atomic E-state index is 0.00900. The van der Waals surface area contributed by atoms with Gasteiger partial charge in [-0.3, -0.25) is 4.79 Å². The quantitative estimate of drug-likeness (QED) is 0.761. The molecule has 0 radical (unpaired) electrons. The van der Waals surface area contributed by atoms with Gasteiger partial charge in [-0.15, -0.1) is 0 Å². The van der Waals surface area contributed by atoms with Crippen LogP contribution in [0.1, 0.15) is 18.9 Å². The van der Waals surface area contributed by atoms with Crippen molar-refractivity contribution in [1.82, 2.24) is 5.32 Å².